The molecule has 122 valence electrons. The van der Waals surface area contributed by atoms with Crippen LogP contribution in [0.1, 0.15) is 37.5 Å². The van der Waals surface area contributed by atoms with Crippen LogP contribution in [0.3, 0.4) is 0 Å². The molecule has 2 aromatic rings. The molecule has 0 aromatic heterocycles. The highest BCUT2D eigenvalue weighted by Crippen LogP contribution is 2.23. The average molecular weight is 318 g/mol. The van der Waals surface area contributed by atoms with Gasteiger partial charge in [0.05, 0.1) is 0 Å². The molecule has 0 unspecified atom stereocenters. The lowest BCUT2D eigenvalue weighted by Crippen LogP contribution is -2.13. The molecule has 0 saturated heterocycles. The van der Waals surface area contributed by atoms with Crippen molar-refractivity contribution in [2.75, 3.05) is 5.32 Å². The standard InChI is InChI=1S/C21H22N2O/c1-15-6-5-7-19(12-15)23-20(24)17(14-22)13-16-8-10-18(11-9-16)21(2,3)4/h5-13H,1-4H3,(H,23,24)/b17-13+. The number of nitrogens with one attached hydrogen (secondary N) is 1. The van der Waals surface area contributed by atoms with E-state index in [0.717, 1.165) is 11.1 Å². The van der Waals surface area contributed by atoms with E-state index in [2.05, 4.69) is 26.1 Å². The first kappa shape index (κ1) is 17.5. The average Bonchev–Trinajstić information content (AvgIpc) is 2.52. The van der Waals surface area contributed by atoms with E-state index < -0.39 is 5.91 Å². The lowest BCUT2D eigenvalue weighted by molar-refractivity contribution is -0.112. The zero-order chi connectivity index (χ0) is 17.7. The number of nitriles is 1. The van der Waals surface area contributed by atoms with Crippen LogP contribution in [-0.2, 0) is 10.2 Å². The summed E-state index contributed by atoms with van der Waals surface area (Å²) in [6.45, 7) is 8.39. The van der Waals surface area contributed by atoms with Gasteiger partial charge in [0.15, 0.2) is 0 Å². The third-order valence-corrected chi connectivity index (χ3v) is 3.73. The highest BCUT2D eigenvalue weighted by molar-refractivity contribution is 6.09. The number of carbonyl (C=O) groups excluding carboxylic acids is 1. The fourth-order valence-electron chi connectivity index (χ4n) is 2.32. The van der Waals surface area contributed by atoms with Gasteiger partial charge in [0.1, 0.15) is 11.6 Å². The molecule has 0 aliphatic carbocycles. The summed E-state index contributed by atoms with van der Waals surface area (Å²) in [7, 11) is 0. The van der Waals surface area contributed by atoms with E-state index in [1.165, 1.54) is 5.56 Å². The summed E-state index contributed by atoms with van der Waals surface area (Å²) < 4.78 is 0. The Morgan fingerprint density at radius 2 is 1.79 bits per heavy atom. The van der Waals surface area contributed by atoms with Crippen LogP contribution < -0.4 is 5.32 Å². The van der Waals surface area contributed by atoms with Gasteiger partial charge in [0.25, 0.3) is 5.91 Å². The summed E-state index contributed by atoms with van der Waals surface area (Å²) in [4.78, 5) is 12.3. The molecule has 0 saturated carbocycles. The number of nitrogens with zero attached hydrogens (tertiary/aromatic N) is 1. The first-order valence-electron chi connectivity index (χ1n) is 7.90. The number of aryl methyl sites for hydroxylation is 1. The predicted octanol–water partition coefficient (Wildman–Crippen LogP) is 4.84. The molecule has 0 atom stereocenters. The molecule has 1 N–H and O–H groups in total. The monoisotopic (exact) mass is 318 g/mol. The minimum atomic E-state index is -0.400. The largest absolute Gasteiger partial charge is 0.321 e. The van der Waals surface area contributed by atoms with Crippen molar-refractivity contribution in [3.63, 3.8) is 0 Å². The Hall–Kier alpha value is -2.86. The number of carbonyl (C=O) groups is 1. The van der Waals surface area contributed by atoms with E-state index in [1.807, 2.05) is 55.5 Å². The van der Waals surface area contributed by atoms with Crippen molar-refractivity contribution in [2.24, 2.45) is 0 Å². The fraction of sp³-hybridized carbons (Fsp3) is 0.238. The van der Waals surface area contributed by atoms with Gasteiger partial charge in [-0.15, -0.1) is 0 Å². The molecule has 2 rings (SSSR count). The summed E-state index contributed by atoms with van der Waals surface area (Å²) in [5.74, 6) is -0.400. The van der Waals surface area contributed by atoms with E-state index in [0.29, 0.717) is 5.69 Å². The van der Waals surface area contributed by atoms with E-state index in [9.17, 15) is 10.1 Å². The Morgan fingerprint density at radius 1 is 1.12 bits per heavy atom. The molecule has 1 amide bonds. The molecule has 0 aliphatic heterocycles. The fourth-order valence-corrected chi connectivity index (χ4v) is 2.32. The third-order valence-electron chi connectivity index (χ3n) is 3.73. The quantitative estimate of drug-likeness (QED) is 0.650. The molecular weight excluding hydrogens is 296 g/mol. The molecule has 24 heavy (non-hydrogen) atoms. The van der Waals surface area contributed by atoms with Crippen molar-refractivity contribution in [3.05, 3.63) is 70.8 Å². The second kappa shape index (κ2) is 7.14. The number of hydrogen-bond acceptors (Lipinski definition) is 2. The maximum absolute atomic E-state index is 12.3. The van der Waals surface area contributed by atoms with Gasteiger partial charge < -0.3 is 5.32 Å². The van der Waals surface area contributed by atoms with Crippen LogP contribution in [0.5, 0.6) is 0 Å². The summed E-state index contributed by atoms with van der Waals surface area (Å²) in [6.07, 6.45) is 1.61. The smallest absolute Gasteiger partial charge is 0.266 e. The number of anilines is 1. The molecular formula is C21H22N2O. The molecule has 2 aromatic carbocycles. The van der Waals surface area contributed by atoms with Gasteiger partial charge >= 0.3 is 0 Å². The van der Waals surface area contributed by atoms with Gasteiger partial charge in [-0.25, -0.2) is 0 Å². The van der Waals surface area contributed by atoms with Gasteiger partial charge in [0.2, 0.25) is 0 Å². The van der Waals surface area contributed by atoms with Crippen LogP contribution in [0.25, 0.3) is 6.08 Å². The van der Waals surface area contributed by atoms with Crippen LogP contribution in [0.2, 0.25) is 0 Å². The highest BCUT2D eigenvalue weighted by atomic mass is 16.1. The van der Waals surface area contributed by atoms with Crippen molar-refractivity contribution in [1.29, 1.82) is 5.26 Å². The maximum atomic E-state index is 12.3. The molecule has 0 bridgehead atoms. The normalized spacial score (nSPS) is 11.7. The van der Waals surface area contributed by atoms with Crippen molar-refractivity contribution in [2.45, 2.75) is 33.1 Å². The first-order chi connectivity index (χ1) is 11.3. The number of hydrogen-bond donors (Lipinski definition) is 1. The van der Waals surface area contributed by atoms with Gasteiger partial charge in [-0.1, -0.05) is 57.2 Å². The predicted molar refractivity (Wildman–Crippen MR) is 98.5 cm³/mol. The SMILES string of the molecule is Cc1cccc(NC(=O)/C(C#N)=C/c2ccc(C(C)(C)C)cc2)c1. The van der Waals surface area contributed by atoms with E-state index in [-0.39, 0.29) is 11.0 Å². The molecule has 0 fully saturated rings. The van der Waals surface area contributed by atoms with Gasteiger partial charge in [-0.3, -0.25) is 4.79 Å². The van der Waals surface area contributed by atoms with Crippen molar-refractivity contribution < 1.29 is 4.79 Å². The number of rotatable bonds is 3. The zero-order valence-corrected chi connectivity index (χ0v) is 14.6. The minimum absolute atomic E-state index is 0.0723. The Kier molecular flexibility index (Phi) is 5.21. The topological polar surface area (TPSA) is 52.9 Å². The Balaban J connectivity index is 2.19. The van der Waals surface area contributed by atoms with Gasteiger partial charge in [0, 0.05) is 5.69 Å². The molecule has 0 radical (unpaired) electrons. The van der Waals surface area contributed by atoms with E-state index in [4.69, 9.17) is 0 Å². The van der Waals surface area contributed by atoms with Crippen LogP contribution in [0.4, 0.5) is 5.69 Å². The van der Waals surface area contributed by atoms with E-state index in [1.54, 1.807) is 12.1 Å². The van der Waals surface area contributed by atoms with Crippen LogP contribution in [0.15, 0.2) is 54.1 Å². The first-order valence-corrected chi connectivity index (χ1v) is 7.90. The zero-order valence-electron chi connectivity index (χ0n) is 14.6. The Morgan fingerprint density at radius 3 is 2.33 bits per heavy atom. The summed E-state index contributed by atoms with van der Waals surface area (Å²) in [5.41, 5.74) is 3.93. The summed E-state index contributed by atoms with van der Waals surface area (Å²) >= 11 is 0. The molecule has 3 nitrogen and oxygen atoms in total. The summed E-state index contributed by atoms with van der Waals surface area (Å²) in [6, 6.07) is 17.4. The van der Waals surface area contributed by atoms with Crippen LogP contribution in [0, 0.1) is 18.3 Å². The van der Waals surface area contributed by atoms with Gasteiger partial charge in [-0.05, 0) is 47.2 Å². The number of amides is 1. The molecule has 0 spiro atoms. The molecule has 3 heteroatoms. The lowest BCUT2D eigenvalue weighted by atomic mass is 9.86. The van der Waals surface area contributed by atoms with Crippen LogP contribution in [-0.4, -0.2) is 5.91 Å². The molecule has 0 heterocycles. The van der Waals surface area contributed by atoms with Gasteiger partial charge in [-0.2, -0.15) is 5.26 Å². The van der Waals surface area contributed by atoms with Crippen molar-refractivity contribution in [1.82, 2.24) is 0 Å². The maximum Gasteiger partial charge on any atom is 0.266 e. The third kappa shape index (κ3) is 4.57. The second-order valence-corrected chi connectivity index (χ2v) is 6.87. The van der Waals surface area contributed by atoms with Crippen molar-refractivity contribution >= 4 is 17.7 Å². The van der Waals surface area contributed by atoms with Crippen LogP contribution >= 0.6 is 0 Å². The molecule has 0 aliphatic rings. The Labute approximate surface area is 143 Å². The highest BCUT2D eigenvalue weighted by Gasteiger charge is 2.13. The Bertz CT molecular complexity index is 803. The second-order valence-electron chi connectivity index (χ2n) is 6.87. The van der Waals surface area contributed by atoms with E-state index >= 15 is 0 Å². The summed E-state index contributed by atoms with van der Waals surface area (Å²) in [5, 5.41) is 12.1. The number of benzene rings is 2. The minimum Gasteiger partial charge on any atom is -0.321 e. The van der Waals surface area contributed by atoms with Crippen molar-refractivity contribution in [3.8, 4) is 6.07 Å². The lowest BCUT2D eigenvalue weighted by Gasteiger charge is -2.18.